The van der Waals surface area contributed by atoms with Crippen LogP contribution in [0.2, 0.25) is 0 Å². The Balaban J connectivity index is 1.93. The maximum Gasteiger partial charge on any atom is 0.251 e. The standard InChI is InChI=1S/C13H16BrNOS/c1-17-13(6-3-7-13)9-15-12(16)10-4-2-5-11(14)8-10/h2,4-5,8H,3,6-7,9H2,1H3,(H,15,16). The smallest absolute Gasteiger partial charge is 0.251 e. The van der Waals surface area contributed by atoms with Gasteiger partial charge in [0.15, 0.2) is 0 Å². The summed E-state index contributed by atoms with van der Waals surface area (Å²) < 4.78 is 1.23. The third kappa shape index (κ3) is 3.05. The highest BCUT2D eigenvalue weighted by Gasteiger charge is 2.36. The van der Waals surface area contributed by atoms with Crippen LogP contribution >= 0.6 is 27.7 Å². The summed E-state index contributed by atoms with van der Waals surface area (Å²) in [6.07, 6.45) is 5.85. The summed E-state index contributed by atoms with van der Waals surface area (Å²) in [5, 5.41) is 3.04. The van der Waals surface area contributed by atoms with E-state index in [0.717, 1.165) is 16.6 Å². The van der Waals surface area contributed by atoms with Gasteiger partial charge in [0, 0.05) is 21.3 Å². The Morgan fingerprint density at radius 3 is 2.82 bits per heavy atom. The fourth-order valence-electron chi connectivity index (χ4n) is 2.00. The first-order valence-corrected chi connectivity index (χ1v) is 7.76. The highest BCUT2D eigenvalue weighted by Crippen LogP contribution is 2.42. The van der Waals surface area contributed by atoms with Crippen LogP contribution in [0.5, 0.6) is 0 Å². The van der Waals surface area contributed by atoms with Gasteiger partial charge in [0.2, 0.25) is 0 Å². The Kier molecular flexibility index (Phi) is 4.15. The fourth-order valence-corrected chi connectivity index (χ4v) is 3.31. The molecule has 92 valence electrons. The van der Waals surface area contributed by atoms with Crippen LogP contribution in [-0.4, -0.2) is 23.5 Å². The molecule has 0 atom stereocenters. The number of amides is 1. The molecule has 0 unspecified atom stereocenters. The number of carbonyl (C=O) groups is 1. The van der Waals surface area contributed by atoms with E-state index < -0.39 is 0 Å². The van der Waals surface area contributed by atoms with E-state index in [1.54, 1.807) is 0 Å². The number of halogens is 1. The molecule has 1 fully saturated rings. The monoisotopic (exact) mass is 313 g/mol. The summed E-state index contributed by atoms with van der Waals surface area (Å²) in [6, 6.07) is 7.49. The summed E-state index contributed by atoms with van der Waals surface area (Å²) in [5.74, 6) is 0.0200. The molecule has 0 aromatic heterocycles. The van der Waals surface area contributed by atoms with E-state index in [4.69, 9.17) is 0 Å². The predicted octanol–water partition coefficient (Wildman–Crippen LogP) is 3.46. The van der Waals surface area contributed by atoms with Gasteiger partial charge in [0.1, 0.15) is 0 Å². The topological polar surface area (TPSA) is 29.1 Å². The fraction of sp³-hybridized carbons (Fsp3) is 0.462. The highest BCUT2D eigenvalue weighted by molar-refractivity contribution is 9.10. The third-order valence-electron chi connectivity index (χ3n) is 3.36. The summed E-state index contributed by atoms with van der Waals surface area (Å²) in [4.78, 5) is 12.0. The second-order valence-electron chi connectivity index (χ2n) is 4.43. The van der Waals surface area contributed by atoms with Crippen molar-refractivity contribution in [1.82, 2.24) is 5.32 Å². The van der Waals surface area contributed by atoms with Crippen LogP contribution in [0.4, 0.5) is 0 Å². The molecule has 1 N–H and O–H groups in total. The van der Waals surface area contributed by atoms with Crippen molar-refractivity contribution in [3.63, 3.8) is 0 Å². The maximum atomic E-state index is 12.0. The normalized spacial score (nSPS) is 17.3. The van der Waals surface area contributed by atoms with Crippen LogP contribution in [0.25, 0.3) is 0 Å². The molecule has 0 spiro atoms. The minimum absolute atomic E-state index is 0.0200. The minimum atomic E-state index is 0.0200. The summed E-state index contributed by atoms with van der Waals surface area (Å²) >= 11 is 5.25. The average Bonchev–Trinajstić information content (AvgIpc) is 2.28. The molecule has 17 heavy (non-hydrogen) atoms. The van der Waals surface area contributed by atoms with E-state index >= 15 is 0 Å². The first-order valence-electron chi connectivity index (χ1n) is 5.74. The van der Waals surface area contributed by atoms with Gasteiger partial charge in [-0.2, -0.15) is 11.8 Å². The lowest BCUT2D eigenvalue weighted by Crippen LogP contribution is -2.45. The predicted molar refractivity (Wildman–Crippen MR) is 76.6 cm³/mol. The third-order valence-corrected chi connectivity index (χ3v) is 5.27. The van der Waals surface area contributed by atoms with Crippen molar-refractivity contribution in [3.8, 4) is 0 Å². The molecule has 4 heteroatoms. The van der Waals surface area contributed by atoms with E-state index in [1.165, 1.54) is 19.3 Å². The molecule has 1 aliphatic carbocycles. The van der Waals surface area contributed by atoms with Crippen molar-refractivity contribution in [2.75, 3.05) is 12.8 Å². The lowest BCUT2D eigenvalue weighted by Gasteiger charge is -2.40. The number of rotatable bonds is 4. The van der Waals surface area contributed by atoms with Gasteiger partial charge >= 0.3 is 0 Å². The minimum Gasteiger partial charge on any atom is -0.351 e. The molecule has 1 aliphatic rings. The van der Waals surface area contributed by atoms with Crippen molar-refractivity contribution >= 4 is 33.6 Å². The van der Waals surface area contributed by atoms with E-state index in [9.17, 15) is 4.79 Å². The van der Waals surface area contributed by atoms with Crippen molar-refractivity contribution in [1.29, 1.82) is 0 Å². The van der Waals surface area contributed by atoms with E-state index in [0.29, 0.717) is 4.75 Å². The molecule has 0 radical (unpaired) electrons. The molecule has 1 aromatic carbocycles. The molecule has 0 aliphatic heterocycles. The van der Waals surface area contributed by atoms with Gasteiger partial charge in [-0.1, -0.05) is 28.4 Å². The lowest BCUT2D eigenvalue weighted by atomic mass is 9.84. The molecular weight excluding hydrogens is 298 g/mol. The number of thioether (sulfide) groups is 1. The van der Waals surface area contributed by atoms with Crippen molar-refractivity contribution in [2.24, 2.45) is 0 Å². The zero-order valence-corrected chi connectivity index (χ0v) is 12.2. The summed E-state index contributed by atoms with van der Waals surface area (Å²) in [7, 11) is 0. The zero-order chi connectivity index (χ0) is 12.3. The van der Waals surface area contributed by atoms with Crippen LogP contribution in [0, 0.1) is 0 Å². The Labute approximate surface area is 115 Å². The van der Waals surface area contributed by atoms with Crippen molar-refractivity contribution in [3.05, 3.63) is 34.3 Å². The Morgan fingerprint density at radius 2 is 2.29 bits per heavy atom. The van der Waals surface area contributed by atoms with Crippen molar-refractivity contribution in [2.45, 2.75) is 24.0 Å². The zero-order valence-electron chi connectivity index (χ0n) is 9.83. The van der Waals surface area contributed by atoms with Gasteiger partial charge < -0.3 is 5.32 Å². The van der Waals surface area contributed by atoms with Crippen LogP contribution in [0.3, 0.4) is 0 Å². The Hall–Kier alpha value is -0.480. The second-order valence-corrected chi connectivity index (χ2v) is 6.62. The van der Waals surface area contributed by atoms with Crippen LogP contribution in [-0.2, 0) is 0 Å². The number of benzene rings is 1. The van der Waals surface area contributed by atoms with Crippen LogP contribution in [0.15, 0.2) is 28.7 Å². The van der Waals surface area contributed by atoms with E-state index in [1.807, 2.05) is 36.0 Å². The molecule has 1 saturated carbocycles. The van der Waals surface area contributed by atoms with Crippen LogP contribution in [0.1, 0.15) is 29.6 Å². The van der Waals surface area contributed by atoms with E-state index in [2.05, 4.69) is 27.5 Å². The average molecular weight is 314 g/mol. The maximum absolute atomic E-state index is 12.0. The molecule has 1 aromatic rings. The lowest BCUT2D eigenvalue weighted by molar-refractivity contribution is 0.0944. The number of nitrogens with one attached hydrogen (secondary N) is 1. The van der Waals surface area contributed by atoms with Gasteiger partial charge in [-0.25, -0.2) is 0 Å². The molecule has 1 amide bonds. The van der Waals surface area contributed by atoms with Gasteiger partial charge in [-0.05, 0) is 37.3 Å². The van der Waals surface area contributed by atoms with Gasteiger partial charge in [-0.3, -0.25) is 4.79 Å². The highest BCUT2D eigenvalue weighted by atomic mass is 79.9. The number of carbonyl (C=O) groups excluding carboxylic acids is 1. The number of hydrogen-bond acceptors (Lipinski definition) is 2. The van der Waals surface area contributed by atoms with Crippen molar-refractivity contribution < 1.29 is 4.79 Å². The van der Waals surface area contributed by atoms with Crippen LogP contribution < -0.4 is 5.32 Å². The van der Waals surface area contributed by atoms with Gasteiger partial charge in [0.05, 0.1) is 0 Å². The second kappa shape index (κ2) is 5.44. The molecule has 2 rings (SSSR count). The largest absolute Gasteiger partial charge is 0.351 e. The van der Waals surface area contributed by atoms with E-state index in [-0.39, 0.29) is 5.91 Å². The molecule has 0 bridgehead atoms. The molecule has 0 saturated heterocycles. The Morgan fingerprint density at radius 1 is 1.53 bits per heavy atom. The SMILES string of the molecule is CSC1(CNC(=O)c2cccc(Br)c2)CCC1. The Bertz CT molecular complexity index is 412. The molecule has 2 nitrogen and oxygen atoms in total. The van der Waals surface area contributed by atoms with Gasteiger partial charge in [-0.15, -0.1) is 0 Å². The summed E-state index contributed by atoms with van der Waals surface area (Å²) in [5.41, 5.74) is 0.718. The first-order chi connectivity index (χ1) is 8.15. The summed E-state index contributed by atoms with van der Waals surface area (Å²) in [6.45, 7) is 0.777. The molecular formula is C13H16BrNOS. The van der Waals surface area contributed by atoms with Gasteiger partial charge in [0.25, 0.3) is 5.91 Å². The number of hydrogen-bond donors (Lipinski definition) is 1. The quantitative estimate of drug-likeness (QED) is 0.922. The first kappa shape index (κ1) is 13.0. The molecule has 0 heterocycles.